The number of nitrogens with zero attached hydrogens (tertiary/aromatic N) is 1. The van der Waals surface area contributed by atoms with Gasteiger partial charge >= 0.3 is 18.0 Å². The molecule has 7 nitrogen and oxygen atoms in total. The van der Waals surface area contributed by atoms with Crippen molar-refractivity contribution in [3.63, 3.8) is 0 Å². The lowest BCUT2D eigenvalue weighted by Crippen LogP contribution is -2.47. The summed E-state index contributed by atoms with van der Waals surface area (Å²) >= 11 is 0. The van der Waals surface area contributed by atoms with Gasteiger partial charge in [-0.1, -0.05) is 0 Å². The Morgan fingerprint density at radius 1 is 1.38 bits per heavy atom. The Balaban J connectivity index is 2.21. The van der Waals surface area contributed by atoms with Gasteiger partial charge in [0.2, 0.25) is 0 Å². The molecule has 1 rings (SSSR count). The smallest absolute Gasteiger partial charge is 0.317 e. The van der Waals surface area contributed by atoms with E-state index in [2.05, 4.69) is 5.32 Å². The fourth-order valence-corrected chi connectivity index (χ4v) is 2.22. The number of nitrogens with one attached hydrogen (secondary N) is 1. The van der Waals surface area contributed by atoms with Crippen LogP contribution in [-0.4, -0.2) is 53.7 Å². The molecule has 1 aliphatic rings. The molecule has 0 radical (unpaired) electrons. The molecule has 0 spiro atoms. The molecule has 1 atom stereocenters. The SMILES string of the molecule is CC(C)OC(=O)CCCNC(=O)N1CCCC(C(=O)O)C1. The number of carbonyl (C=O) groups is 3. The van der Waals surface area contributed by atoms with Gasteiger partial charge in [0.05, 0.1) is 12.0 Å². The van der Waals surface area contributed by atoms with Crippen molar-refractivity contribution >= 4 is 18.0 Å². The van der Waals surface area contributed by atoms with Gasteiger partial charge in [0.15, 0.2) is 0 Å². The summed E-state index contributed by atoms with van der Waals surface area (Å²) in [6.45, 7) is 4.77. The van der Waals surface area contributed by atoms with E-state index in [9.17, 15) is 14.4 Å². The van der Waals surface area contributed by atoms with Crippen LogP contribution in [0.1, 0.15) is 39.5 Å². The molecule has 2 amide bonds. The Bertz CT molecular complexity index is 384. The Hall–Kier alpha value is -1.79. The zero-order valence-corrected chi connectivity index (χ0v) is 12.6. The number of carboxylic acid groups (broad SMARTS) is 1. The summed E-state index contributed by atoms with van der Waals surface area (Å²) < 4.78 is 4.99. The minimum Gasteiger partial charge on any atom is -0.481 e. The van der Waals surface area contributed by atoms with Crippen LogP contribution in [0.15, 0.2) is 0 Å². The molecule has 0 aliphatic carbocycles. The van der Waals surface area contributed by atoms with Crippen LogP contribution in [0.5, 0.6) is 0 Å². The second-order valence-corrected chi connectivity index (χ2v) is 5.50. The van der Waals surface area contributed by atoms with Crippen LogP contribution in [0, 0.1) is 5.92 Å². The zero-order chi connectivity index (χ0) is 15.8. The summed E-state index contributed by atoms with van der Waals surface area (Å²) in [5.41, 5.74) is 0. The number of likely N-dealkylation sites (tertiary alicyclic amines) is 1. The van der Waals surface area contributed by atoms with Crippen molar-refractivity contribution in [3.05, 3.63) is 0 Å². The Morgan fingerprint density at radius 3 is 2.71 bits per heavy atom. The molecule has 1 heterocycles. The molecule has 2 N–H and O–H groups in total. The average molecular weight is 300 g/mol. The van der Waals surface area contributed by atoms with Crippen molar-refractivity contribution in [1.82, 2.24) is 10.2 Å². The van der Waals surface area contributed by atoms with E-state index in [0.717, 1.165) is 0 Å². The van der Waals surface area contributed by atoms with E-state index in [-0.39, 0.29) is 31.1 Å². The van der Waals surface area contributed by atoms with Crippen LogP contribution >= 0.6 is 0 Å². The lowest BCUT2D eigenvalue weighted by atomic mass is 9.99. The second kappa shape index (κ2) is 8.49. The van der Waals surface area contributed by atoms with Crippen molar-refractivity contribution in [3.8, 4) is 0 Å². The maximum absolute atomic E-state index is 11.9. The summed E-state index contributed by atoms with van der Waals surface area (Å²) in [4.78, 5) is 35.7. The van der Waals surface area contributed by atoms with Gasteiger partial charge in [0.25, 0.3) is 0 Å². The van der Waals surface area contributed by atoms with Crippen LogP contribution < -0.4 is 5.32 Å². The first-order valence-electron chi connectivity index (χ1n) is 7.35. The molecule has 1 saturated heterocycles. The molecule has 1 unspecified atom stereocenters. The first-order valence-corrected chi connectivity index (χ1v) is 7.35. The van der Waals surface area contributed by atoms with Crippen LogP contribution in [-0.2, 0) is 14.3 Å². The average Bonchev–Trinajstić information content (AvgIpc) is 2.42. The van der Waals surface area contributed by atoms with Crippen LogP contribution in [0.25, 0.3) is 0 Å². The quantitative estimate of drug-likeness (QED) is 0.568. The molecule has 0 aromatic rings. The monoisotopic (exact) mass is 300 g/mol. The normalized spacial score (nSPS) is 18.4. The first-order chi connectivity index (χ1) is 9.90. The van der Waals surface area contributed by atoms with Crippen molar-refractivity contribution in [1.29, 1.82) is 0 Å². The molecule has 7 heteroatoms. The summed E-state index contributed by atoms with van der Waals surface area (Å²) in [5, 5.41) is 11.7. The number of ether oxygens (including phenoxy) is 1. The van der Waals surface area contributed by atoms with Gasteiger partial charge < -0.3 is 20.1 Å². The molecule has 0 bridgehead atoms. The van der Waals surface area contributed by atoms with E-state index in [1.54, 1.807) is 13.8 Å². The van der Waals surface area contributed by atoms with E-state index in [1.807, 2.05) is 0 Å². The molecule has 0 aromatic carbocycles. The number of esters is 1. The number of amides is 2. The first kappa shape index (κ1) is 17.3. The van der Waals surface area contributed by atoms with Gasteiger partial charge in [-0.3, -0.25) is 9.59 Å². The second-order valence-electron chi connectivity index (χ2n) is 5.50. The highest BCUT2D eigenvalue weighted by Crippen LogP contribution is 2.16. The number of carboxylic acids is 1. The molecule has 120 valence electrons. The van der Waals surface area contributed by atoms with Gasteiger partial charge in [-0.05, 0) is 33.1 Å². The van der Waals surface area contributed by atoms with Crippen LogP contribution in [0.4, 0.5) is 4.79 Å². The third kappa shape index (κ3) is 6.46. The van der Waals surface area contributed by atoms with E-state index in [4.69, 9.17) is 9.84 Å². The molecule has 1 fully saturated rings. The van der Waals surface area contributed by atoms with Gasteiger partial charge in [0.1, 0.15) is 0 Å². The van der Waals surface area contributed by atoms with E-state index in [0.29, 0.717) is 32.4 Å². The van der Waals surface area contributed by atoms with Crippen molar-refractivity contribution in [2.75, 3.05) is 19.6 Å². The summed E-state index contributed by atoms with van der Waals surface area (Å²) in [5.74, 6) is -1.61. The number of rotatable bonds is 6. The predicted octanol–water partition coefficient (Wildman–Crippen LogP) is 1.22. The predicted molar refractivity (Wildman–Crippen MR) is 75.8 cm³/mol. The lowest BCUT2D eigenvalue weighted by molar-refractivity contribution is -0.147. The molecule has 0 saturated carbocycles. The molecular weight excluding hydrogens is 276 g/mol. The highest BCUT2D eigenvalue weighted by Gasteiger charge is 2.27. The number of hydrogen-bond donors (Lipinski definition) is 2. The Labute approximate surface area is 124 Å². The Kier molecular flexibility index (Phi) is 6.98. The van der Waals surface area contributed by atoms with Crippen molar-refractivity contribution in [2.45, 2.75) is 45.6 Å². The zero-order valence-electron chi connectivity index (χ0n) is 12.6. The number of urea groups is 1. The highest BCUT2D eigenvalue weighted by molar-refractivity contribution is 5.76. The fourth-order valence-electron chi connectivity index (χ4n) is 2.22. The van der Waals surface area contributed by atoms with Gasteiger partial charge in [-0.2, -0.15) is 0 Å². The summed E-state index contributed by atoms with van der Waals surface area (Å²) in [7, 11) is 0. The number of aliphatic carboxylic acids is 1. The number of carbonyl (C=O) groups excluding carboxylic acids is 2. The van der Waals surface area contributed by atoms with E-state index >= 15 is 0 Å². The lowest BCUT2D eigenvalue weighted by Gasteiger charge is -2.30. The highest BCUT2D eigenvalue weighted by atomic mass is 16.5. The molecule has 1 aliphatic heterocycles. The van der Waals surface area contributed by atoms with Crippen molar-refractivity contribution in [2.24, 2.45) is 5.92 Å². The van der Waals surface area contributed by atoms with Crippen LogP contribution in [0.3, 0.4) is 0 Å². The Morgan fingerprint density at radius 2 is 2.10 bits per heavy atom. The largest absolute Gasteiger partial charge is 0.481 e. The van der Waals surface area contributed by atoms with Crippen LogP contribution in [0.2, 0.25) is 0 Å². The van der Waals surface area contributed by atoms with E-state index in [1.165, 1.54) is 4.90 Å². The third-order valence-electron chi connectivity index (χ3n) is 3.26. The van der Waals surface area contributed by atoms with Gasteiger partial charge in [-0.15, -0.1) is 0 Å². The van der Waals surface area contributed by atoms with Gasteiger partial charge in [0, 0.05) is 26.1 Å². The summed E-state index contributed by atoms with van der Waals surface area (Å²) in [6, 6.07) is -0.266. The van der Waals surface area contributed by atoms with Crippen molar-refractivity contribution < 1.29 is 24.2 Å². The molecule has 21 heavy (non-hydrogen) atoms. The maximum Gasteiger partial charge on any atom is 0.317 e. The number of hydrogen-bond acceptors (Lipinski definition) is 4. The molecule has 0 aromatic heterocycles. The van der Waals surface area contributed by atoms with Gasteiger partial charge in [-0.25, -0.2) is 4.79 Å². The topological polar surface area (TPSA) is 95.9 Å². The fraction of sp³-hybridized carbons (Fsp3) is 0.786. The third-order valence-corrected chi connectivity index (χ3v) is 3.26. The minimum absolute atomic E-state index is 0.131. The summed E-state index contributed by atoms with van der Waals surface area (Å²) in [6.07, 6.45) is 1.95. The van der Waals surface area contributed by atoms with E-state index < -0.39 is 11.9 Å². The number of piperidine rings is 1. The standard InChI is InChI=1S/C14H24N2O5/c1-10(2)21-12(17)6-3-7-15-14(20)16-8-4-5-11(9-16)13(18)19/h10-11H,3-9H2,1-2H3,(H,15,20)(H,18,19). The maximum atomic E-state index is 11.9. The molecular formula is C14H24N2O5. The minimum atomic E-state index is -0.857.